The maximum absolute atomic E-state index is 13.8. The molecular weight excluding hydrogens is 755 g/mol. The van der Waals surface area contributed by atoms with Crippen molar-refractivity contribution in [2.45, 2.75) is 75.9 Å². The van der Waals surface area contributed by atoms with Crippen molar-refractivity contribution in [2.75, 3.05) is 44.3 Å². The number of imide groups is 1. The van der Waals surface area contributed by atoms with Crippen LogP contribution in [0.25, 0.3) is 0 Å². The topological polar surface area (TPSA) is 197 Å². The zero-order valence-electron chi connectivity index (χ0n) is 32.1. The molecule has 4 rings (SSSR count). The summed E-state index contributed by atoms with van der Waals surface area (Å²) in [4.78, 5) is 32.3. The van der Waals surface area contributed by atoms with Gasteiger partial charge >= 0.3 is 22.3 Å². The largest absolute Gasteiger partial charge is 0.493 e. The summed E-state index contributed by atoms with van der Waals surface area (Å²) in [5.74, 6) is -0.422. The molecule has 1 saturated heterocycles. The molecule has 2 N–H and O–H groups in total. The molecule has 0 radical (unpaired) electrons. The van der Waals surface area contributed by atoms with Crippen LogP contribution >= 0.6 is 0 Å². The van der Waals surface area contributed by atoms with Gasteiger partial charge in [0.2, 0.25) is 10.0 Å². The highest BCUT2D eigenvalue weighted by molar-refractivity contribution is 7.91. The fraction of sp³-hybridized carbons (Fsp3) is 0.432. The number of guanidine groups is 1. The average Bonchev–Trinajstić information content (AvgIpc) is 3.08. The molecule has 0 aromatic heterocycles. The van der Waals surface area contributed by atoms with E-state index in [0.717, 1.165) is 5.69 Å². The number of ether oxygens (including phenoxy) is 3. The van der Waals surface area contributed by atoms with Crippen LogP contribution in [0.15, 0.2) is 87.7 Å². The molecule has 3 aromatic rings. The number of hydrogen-bond acceptors (Lipinski definition) is 13. The van der Waals surface area contributed by atoms with E-state index in [-0.39, 0.29) is 49.1 Å². The Morgan fingerprint density at radius 3 is 1.89 bits per heavy atom. The van der Waals surface area contributed by atoms with Crippen molar-refractivity contribution in [3.63, 3.8) is 0 Å². The van der Waals surface area contributed by atoms with Crippen LogP contribution < -0.4 is 19.6 Å². The van der Waals surface area contributed by atoms with Gasteiger partial charge in [0.05, 0.1) is 6.61 Å². The van der Waals surface area contributed by atoms with Gasteiger partial charge in [-0.3, -0.25) is 0 Å². The molecule has 18 heteroatoms. The van der Waals surface area contributed by atoms with Gasteiger partial charge in [-0.2, -0.15) is 12.7 Å². The number of nitrogens with zero attached hydrogens (tertiary/aromatic N) is 4. The Hall–Kier alpha value is -5.07. The summed E-state index contributed by atoms with van der Waals surface area (Å²) in [6, 6.07) is 19.5. The second-order valence-corrected chi connectivity index (χ2v) is 17.9. The third kappa shape index (κ3) is 12.2. The van der Waals surface area contributed by atoms with Crippen LogP contribution in [0.4, 0.5) is 15.3 Å². The lowest BCUT2D eigenvalue weighted by atomic mass is 10.2. The van der Waals surface area contributed by atoms with E-state index >= 15 is 0 Å². The quantitative estimate of drug-likeness (QED) is 0.0798. The van der Waals surface area contributed by atoms with Gasteiger partial charge in [-0.1, -0.05) is 30.3 Å². The van der Waals surface area contributed by atoms with Crippen LogP contribution in [0.5, 0.6) is 11.5 Å². The molecular formula is C37H49N5O11S2. The van der Waals surface area contributed by atoms with Gasteiger partial charge in [0.1, 0.15) is 39.1 Å². The molecule has 55 heavy (non-hydrogen) atoms. The number of nitrogens with two attached hydrogens (primary N) is 1. The number of carbonyl (C=O) groups is 2. The second-order valence-electron chi connectivity index (χ2n) is 14.5. The van der Waals surface area contributed by atoms with Gasteiger partial charge in [-0.25, -0.2) is 18.0 Å². The minimum absolute atomic E-state index is 0.0483. The van der Waals surface area contributed by atoms with E-state index in [1.165, 1.54) is 40.7 Å². The molecule has 0 bridgehead atoms. The van der Waals surface area contributed by atoms with Gasteiger partial charge in [0.25, 0.3) is 5.96 Å². The van der Waals surface area contributed by atoms with E-state index < -0.39 is 54.4 Å². The summed E-state index contributed by atoms with van der Waals surface area (Å²) in [7, 11) is -8.82. The first-order valence-electron chi connectivity index (χ1n) is 17.5. The van der Waals surface area contributed by atoms with Gasteiger partial charge in [0.15, 0.2) is 0 Å². The van der Waals surface area contributed by atoms with Crippen LogP contribution in [0.3, 0.4) is 0 Å². The number of oxime groups is 1. The number of anilines is 1. The number of amides is 2. The number of aryl methyl sites for hydroxylation is 1. The molecule has 0 spiro atoms. The van der Waals surface area contributed by atoms with Crippen LogP contribution in [-0.4, -0.2) is 94.8 Å². The third-order valence-corrected chi connectivity index (χ3v) is 10.9. The molecule has 0 aliphatic carbocycles. The molecule has 16 nitrogen and oxygen atoms in total. The molecule has 0 atom stereocenters. The number of hydrogen-bond donors (Lipinski definition) is 1. The lowest BCUT2D eigenvalue weighted by Gasteiger charge is -2.35. The first-order chi connectivity index (χ1) is 25.7. The van der Waals surface area contributed by atoms with Gasteiger partial charge < -0.3 is 33.9 Å². The van der Waals surface area contributed by atoms with Crippen molar-refractivity contribution >= 4 is 44.0 Å². The van der Waals surface area contributed by atoms with Crippen molar-refractivity contribution in [2.24, 2.45) is 10.9 Å². The van der Waals surface area contributed by atoms with Crippen LogP contribution in [0, 0.1) is 6.92 Å². The second kappa shape index (κ2) is 17.6. The molecule has 300 valence electrons. The van der Waals surface area contributed by atoms with Crippen LogP contribution in [0.2, 0.25) is 0 Å². The third-order valence-electron chi connectivity index (χ3n) is 7.51. The minimum Gasteiger partial charge on any atom is -0.493 e. The van der Waals surface area contributed by atoms with Crippen molar-refractivity contribution in [3.8, 4) is 11.5 Å². The number of rotatable bonds is 12. The molecule has 3 aromatic carbocycles. The molecule has 0 unspecified atom stereocenters. The lowest BCUT2D eigenvalue weighted by molar-refractivity contribution is 0.0132. The minimum atomic E-state index is -4.62. The highest BCUT2D eigenvalue weighted by Gasteiger charge is 2.36. The monoisotopic (exact) mass is 803 g/mol. The highest BCUT2D eigenvalue weighted by Crippen LogP contribution is 2.30. The maximum atomic E-state index is 13.8. The fourth-order valence-electron chi connectivity index (χ4n) is 5.19. The fourth-order valence-corrected chi connectivity index (χ4v) is 8.31. The SMILES string of the molecule is Cc1cc(OCCCO/N=C(\N)N(C(=O)OC(C)(C)C)C(=O)OC(C)(C)C)cc(OS(=O)(=O)c2ccccc2S(=O)(=O)N2CCN(c3ccccc3)CC2)c1. The first-order valence-corrected chi connectivity index (χ1v) is 20.3. The number of sulfonamides is 1. The Labute approximate surface area is 322 Å². The molecule has 1 fully saturated rings. The smallest absolute Gasteiger partial charge is 0.427 e. The van der Waals surface area contributed by atoms with Crippen molar-refractivity contribution in [1.29, 1.82) is 0 Å². The van der Waals surface area contributed by atoms with E-state index in [9.17, 15) is 26.4 Å². The molecule has 1 aliphatic rings. The summed E-state index contributed by atoms with van der Waals surface area (Å²) in [6.07, 6.45) is -1.95. The van der Waals surface area contributed by atoms with Crippen molar-refractivity contribution < 1.29 is 49.7 Å². The Kier molecular flexibility index (Phi) is 13.6. The first kappa shape index (κ1) is 42.7. The number of para-hydroxylation sites is 1. The number of benzene rings is 3. The number of piperazine rings is 1. The van der Waals surface area contributed by atoms with Crippen molar-refractivity contribution in [1.82, 2.24) is 9.21 Å². The Balaban J connectivity index is 1.37. The highest BCUT2D eigenvalue weighted by atomic mass is 32.2. The summed E-state index contributed by atoms with van der Waals surface area (Å²) in [6.45, 7) is 12.7. The Morgan fingerprint density at radius 1 is 0.764 bits per heavy atom. The predicted molar refractivity (Wildman–Crippen MR) is 205 cm³/mol. The maximum Gasteiger partial charge on any atom is 0.427 e. The van der Waals surface area contributed by atoms with E-state index in [4.69, 9.17) is 29.0 Å². The van der Waals surface area contributed by atoms with E-state index in [1.54, 1.807) is 54.5 Å². The summed E-state index contributed by atoms with van der Waals surface area (Å²) in [5, 5.41) is 3.67. The summed E-state index contributed by atoms with van der Waals surface area (Å²) in [5.41, 5.74) is 5.61. The van der Waals surface area contributed by atoms with Gasteiger partial charge in [0, 0.05) is 44.4 Å². The molecule has 1 heterocycles. The van der Waals surface area contributed by atoms with Crippen LogP contribution in [-0.2, 0) is 34.5 Å². The molecule has 1 aliphatic heterocycles. The van der Waals surface area contributed by atoms with Gasteiger partial charge in [-0.05, 0) is 95.6 Å². The lowest BCUT2D eigenvalue weighted by Crippen LogP contribution is -2.50. The van der Waals surface area contributed by atoms with Crippen molar-refractivity contribution in [3.05, 3.63) is 78.4 Å². The van der Waals surface area contributed by atoms with E-state index in [2.05, 4.69) is 10.1 Å². The molecule has 0 saturated carbocycles. The summed E-state index contributed by atoms with van der Waals surface area (Å²) >= 11 is 0. The standard InChI is InChI=1S/C37H49N5O11S2/c1-27-24-29(49-22-13-23-50-39-33(38)42(34(43)51-36(2,3)4)35(44)52-37(5,6)7)26-30(25-27)53-55(47,48)32-17-12-11-16-31(32)54(45,46)41-20-18-40(19-21-41)28-14-9-8-10-15-28/h8-12,14-17,24-26H,13,18-23H2,1-7H3,(H2,38,39). The normalized spacial score (nSPS) is 14.5. The van der Waals surface area contributed by atoms with E-state index in [0.29, 0.717) is 23.6 Å². The Bertz CT molecular complexity index is 2030. The molecule has 2 amide bonds. The number of carbonyl (C=O) groups excluding carboxylic acids is 2. The van der Waals surface area contributed by atoms with Gasteiger partial charge in [-0.15, -0.1) is 4.90 Å². The summed E-state index contributed by atoms with van der Waals surface area (Å²) < 4.78 is 77.8. The zero-order chi connectivity index (χ0) is 40.6. The predicted octanol–water partition coefficient (Wildman–Crippen LogP) is 5.46. The van der Waals surface area contributed by atoms with E-state index in [1.807, 2.05) is 30.3 Å². The Morgan fingerprint density at radius 2 is 1.31 bits per heavy atom. The average molecular weight is 804 g/mol. The zero-order valence-corrected chi connectivity index (χ0v) is 33.7. The van der Waals surface area contributed by atoms with Crippen LogP contribution in [0.1, 0.15) is 53.5 Å².